The van der Waals surface area contributed by atoms with Crippen LogP contribution >= 0.6 is 28.1 Å². The molecular weight excluding hydrogens is 357 g/mol. The molecule has 0 spiro atoms. The van der Waals surface area contributed by atoms with Gasteiger partial charge < -0.3 is 15.5 Å². The van der Waals surface area contributed by atoms with Gasteiger partial charge in [0.05, 0.1) is 10.2 Å². The van der Waals surface area contributed by atoms with Crippen molar-refractivity contribution >= 4 is 44.7 Å². The summed E-state index contributed by atoms with van der Waals surface area (Å²) in [7, 11) is 0. The largest absolute Gasteiger partial charge is 0.389 e. The molecule has 0 saturated carbocycles. The molecular formula is C14H15BrFN3OS. The summed E-state index contributed by atoms with van der Waals surface area (Å²) in [6.07, 6.45) is 1.45. The van der Waals surface area contributed by atoms with Crippen molar-refractivity contribution in [2.75, 3.05) is 24.5 Å². The molecule has 2 fully saturated rings. The van der Waals surface area contributed by atoms with Crippen molar-refractivity contribution in [3.05, 3.63) is 28.0 Å². The molecule has 2 N–H and O–H groups in total. The first kappa shape index (κ1) is 14.7. The third-order valence-corrected chi connectivity index (χ3v) is 5.16. The molecule has 3 rings (SSSR count). The minimum atomic E-state index is -0.349. The summed E-state index contributed by atoms with van der Waals surface area (Å²) in [6, 6.07) is 3.64. The molecule has 2 aliphatic rings. The van der Waals surface area contributed by atoms with Crippen LogP contribution in [-0.4, -0.2) is 41.5 Å². The van der Waals surface area contributed by atoms with Crippen molar-refractivity contribution in [1.82, 2.24) is 4.90 Å². The molecule has 1 unspecified atom stereocenters. The summed E-state index contributed by atoms with van der Waals surface area (Å²) in [5, 5.41) is 0. The Bertz CT molecular complexity index is 624. The second kappa shape index (κ2) is 5.53. The number of carbonyl (C=O) groups excluding carboxylic acids is 1. The number of nitrogens with two attached hydrogens (primary N) is 1. The number of hydrogen-bond donors (Lipinski definition) is 1. The van der Waals surface area contributed by atoms with Crippen LogP contribution in [0.2, 0.25) is 0 Å². The molecule has 2 heterocycles. The van der Waals surface area contributed by atoms with E-state index in [1.54, 1.807) is 12.1 Å². The van der Waals surface area contributed by atoms with Crippen molar-refractivity contribution in [3.8, 4) is 0 Å². The van der Waals surface area contributed by atoms with E-state index in [0.717, 1.165) is 6.42 Å². The molecule has 2 aliphatic heterocycles. The van der Waals surface area contributed by atoms with Crippen LogP contribution in [-0.2, 0) is 4.79 Å². The van der Waals surface area contributed by atoms with E-state index in [2.05, 4.69) is 15.9 Å². The standard InChI is InChI=1S/C14H15BrFN3OS/c15-12-9(14(17)21)2-3-10(13(12)16)18-5-6-19-8(7-18)1-4-11(19)20/h2-3,8H,1,4-7H2,(H2,17,21). The van der Waals surface area contributed by atoms with Gasteiger partial charge in [0.2, 0.25) is 5.91 Å². The van der Waals surface area contributed by atoms with E-state index in [9.17, 15) is 9.18 Å². The summed E-state index contributed by atoms with van der Waals surface area (Å²) in [4.78, 5) is 15.8. The fourth-order valence-corrected chi connectivity index (χ4v) is 3.91. The third kappa shape index (κ3) is 2.53. The zero-order chi connectivity index (χ0) is 15.1. The second-order valence-electron chi connectivity index (χ2n) is 5.35. The van der Waals surface area contributed by atoms with Crippen LogP contribution in [0.15, 0.2) is 16.6 Å². The Morgan fingerprint density at radius 1 is 1.43 bits per heavy atom. The summed E-state index contributed by atoms with van der Waals surface area (Å²) in [6.45, 7) is 1.96. The van der Waals surface area contributed by atoms with E-state index in [1.807, 2.05) is 9.80 Å². The van der Waals surface area contributed by atoms with Gasteiger partial charge in [-0.1, -0.05) is 12.2 Å². The molecule has 1 atom stereocenters. The fraction of sp³-hybridized carbons (Fsp3) is 0.429. The molecule has 0 aliphatic carbocycles. The lowest BCUT2D eigenvalue weighted by Crippen LogP contribution is -2.51. The zero-order valence-electron chi connectivity index (χ0n) is 11.3. The van der Waals surface area contributed by atoms with Crippen LogP contribution in [0.4, 0.5) is 10.1 Å². The first-order valence-corrected chi connectivity index (χ1v) is 8.01. The van der Waals surface area contributed by atoms with Gasteiger partial charge in [-0.15, -0.1) is 0 Å². The van der Waals surface area contributed by atoms with Gasteiger partial charge in [-0.2, -0.15) is 0 Å². The number of carbonyl (C=O) groups is 1. The molecule has 0 radical (unpaired) electrons. The number of fused-ring (bicyclic) bond motifs is 1. The van der Waals surface area contributed by atoms with Crippen molar-refractivity contribution in [3.63, 3.8) is 0 Å². The van der Waals surface area contributed by atoms with E-state index in [0.29, 0.717) is 41.8 Å². The number of hydrogen-bond acceptors (Lipinski definition) is 3. The quantitative estimate of drug-likeness (QED) is 0.808. The predicted octanol–water partition coefficient (Wildman–Crippen LogP) is 2.03. The van der Waals surface area contributed by atoms with Gasteiger partial charge in [-0.3, -0.25) is 4.79 Å². The number of halogens is 2. The lowest BCUT2D eigenvalue weighted by Gasteiger charge is -2.39. The maximum absolute atomic E-state index is 14.5. The highest BCUT2D eigenvalue weighted by Gasteiger charge is 2.36. The molecule has 1 aromatic carbocycles. The topological polar surface area (TPSA) is 49.6 Å². The summed E-state index contributed by atoms with van der Waals surface area (Å²) >= 11 is 8.14. The molecule has 21 heavy (non-hydrogen) atoms. The molecule has 1 aromatic rings. The zero-order valence-corrected chi connectivity index (χ0v) is 13.7. The SMILES string of the molecule is NC(=S)c1ccc(N2CCN3C(=O)CCC3C2)c(F)c1Br. The average Bonchev–Trinajstić information content (AvgIpc) is 2.82. The molecule has 112 valence electrons. The van der Waals surface area contributed by atoms with Gasteiger partial charge in [0.15, 0.2) is 5.82 Å². The highest BCUT2D eigenvalue weighted by Crippen LogP contribution is 2.32. The third-order valence-electron chi connectivity index (χ3n) is 4.16. The van der Waals surface area contributed by atoms with Gasteiger partial charge in [-0.05, 0) is 34.5 Å². The molecule has 4 nitrogen and oxygen atoms in total. The number of thiocarbonyl (C=S) groups is 1. The summed E-state index contributed by atoms with van der Waals surface area (Å²) in [5.74, 6) is -0.136. The summed E-state index contributed by atoms with van der Waals surface area (Å²) < 4.78 is 14.8. The Morgan fingerprint density at radius 2 is 2.19 bits per heavy atom. The minimum Gasteiger partial charge on any atom is -0.389 e. The van der Waals surface area contributed by atoms with Crippen LogP contribution < -0.4 is 10.6 Å². The van der Waals surface area contributed by atoms with Crippen molar-refractivity contribution in [2.24, 2.45) is 5.73 Å². The molecule has 7 heteroatoms. The number of rotatable bonds is 2. The van der Waals surface area contributed by atoms with E-state index in [4.69, 9.17) is 18.0 Å². The average molecular weight is 372 g/mol. The van der Waals surface area contributed by atoms with Crippen molar-refractivity contribution < 1.29 is 9.18 Å². The monoisotopic (exact) mass is 371 g/mol. The number of piperazine rings is 1. The Hall–Kier alpha value is -1.21. The van der Waals surface area contributed by atoms with Crippen molar-refractivity contribution in [1.29, 1.82) is 0 Å². The van der Waals surface area contributed by atoms with E-state index in [1.165, 1.54) is 0 Å². The Kier molecular flexibility index (Phi) is 3.88. The van der Waals surface area contributed by atoms with Gasteiger partial charge in [-0.25, -0.2) is 4.39 Å². The highest BCUT2D eigenvalue weighted by molar-refractivity contribution is 9.10. The maximum Gasteiger partial charge on any atom is 0.223 e. The Morgan fingerprint density at radius 3 is 2.90 bits per heavy atom. The highest BCUT2D eigenvalue weighted by atomic mass is 79.9. The number of amides is 1. The first-order chi connectivity index (χ1) is 9.99. The van der Waals surface area contributed by atoms with Crippen LogP contribution in [0.5, 0.6) is 0 Å². The Balaban J connectivity index is 1.87. The molecule has 0 bridgehead atoms. The smallest absolute Gasteiger partial charge is 0.223 e. The number of anilines is 1. The van der Waals surface area contributed by atoms with Gasteiger partial charge >= 0.3 is 0 Å². The number of nitrogens with zero attached hydrogens (tertiary/aromatic N) is 2. The van der Waals surface area contributed by atoms with Crippen LogP contribution in [0.3, 0.4) is 0 Å². The molecule has 1 amide bonds. The normalized spacial score (nSPS) is 21.6. The predicted molar refractivity (Wildman–Crippen MR) is 86.9 cm³/mol. The molecule has 0 aromatic heterocycles. The lowest BCUT2D eigenvalue weighted by atomic mass is 10.1. The van der Waals surface area contributed by atoms with E-state index in [-0.39, 0.29) is 22.8 Å². The maximum atomic E-state index is 14.5. The van der Waals surface area contributed by atoms with E-state index < -0.39 is 0 Å². The van der Waals surface area contributed by atoms with Gasteiger partial charge in [0.25, 0.3) is 0 Å². The van der Waals surface area contributed by atoms with Gasteiger partial charge in [0, 0.05) is 37.7 Å². The van der Waals surface area contributed by atoms with Crippen LogP contribution in [0, 0.1) is 5.82 Å². The van der Waals surface area contributed by atoms with Crippen LogP contribution in [0.25, 0.3) is 0 Å². The van der Waals surface area contributed by atoms with Gasteiger partial charge in [0.1, 0.15) is 4.99 Å². The first-order valence-electron chi connectivity index (χ1n) is 6.81. The minimum absolute atomic E-state index is 0.165. The molecule has 2 saturated heterocycles. The Labute approximate surface area is 136 Å². The van der Waals surface area contributed by atoms with E-state index >= 15 is 0 Å². The summed E-state index contributed by atoms with van der Waals surface area (Å²) in [5.41, 5.74) is 6.60. The van der Waals surface area contributed by atoms with Crippen LogP contribution in [0.1, 0.15) is 18.4 Å². The lowest BCUT2D eigenvalue weighted by molar-refractivity contribution is -0.129. The van der Waals surface area contributed by atoms with Crippen molar-refractivity contribution in [2.45, 2.75) is 18.9 Å². The number of benzene rings is 1. The second-order valence-corrected chi connectivity index (χ2v) is 6.58. The fourth-order valence-electron chi connectivity index (χ4n) is 3.06.